The Labute approximate surface area is 120 Å². The summed E-state index contributed by atoms with van der Waals surface area (Å²) in [5.41, 5.74) is -0.620. The minimum absolute atomic E-state index is 0.543. The molecular weight excluding hydrogens is 304 g/mol. The summed E-state index contributed by atoms with van der Waals surface area (Å²) in [5, 5.41) is 20.0. The molecule has 0 fully saturated rings. The van der Waals surface area contributed by atoms with Crippen LogP contribution in [0.25, 0.3) is 0 Å². The summed E-state index contributed by atoms with van der Waals surface area (Å²) in [6.07, 6.45) is 0. The molecule has 0 amide bonds. The van der Waals surface area contributed by atoms with Crippen LogP contribution in [0.1, 0.15) is 0 Å². The summed E-state index contributed by atoms with van der Waals surface area (Å²) in [6.45, 7) is -0.816. The summed E-state index contributed by atoms with van der Waals surface area (Å²) >= 11 is 0. The summed E-state index contributed by atoms with van der Waals surface area (Å²) in [6, 6.07) is 3.24. The van der Waals surface area contributed by atoms with Gasteiger partial charge in [-0.2, -0.15) is 4.31 Å². The lowest BCUT2D eigenvalue weighted by molar-refractivity contribution is -0.387. The summed E-state index contributed by atoms with van der Waals surface area (Å²) in [5.74, 6) is -0.970. The highest BCUT2D eigenvalue weighted by atomic mass is 32.2. The van der Waals surface area contributed by atoms with Crippen LogP contribution in [0.15, 0.2) is 29.2 Å². The molecule has 0 unspecified atom stereocenters. The molecular formula is C11H14N2O7S. The predicted molar refractivity (Wildman–Crippen MR) is 70.9 cm³/mol. The molecule has 1 aromatic rings. The number of hydrogen-bond acceptors (Lipinski definition) is 7. The van der Waals surface area contributed by atoms with Crippen molar-refractivity contribution in [2.45, 2.75) is 10.9 Å². The lowest BCUT2D eigenvalue weighted by Crippen LogP contribution is -2.45. The number of methoxy groups -OCH3 is 1. The van der Waals surface area contributed by atoms with E-state index in [2.05, 4.69) is 4.74 Å². The standard InChI is InChI=1S/C11H14N2O7S/c1-12(9(7-14)11(15)20-2)21(18,19)10-6-4-3-5-8(10)13(16)17/h3-6,9,14H,7H2,1-2H3/t9-/m0/s1. The van der Waals surface area contributed by atoms with E-state index in [-0.39, 0.29) is 0 Å². The SMILES string of the molecule is COC(=O)[C@H](CO)N(C)S(=O)(=O)c1ccccc1[N+](=O)[O-]. The summed E-state index contributed by atoms with van der Waals surface area (Å²) < 4.78 is 29.7. The third-order valence-electron chi connectivity index (χ3n) is 2.80. The minimum Gasteiger partial charge on any atom is -0.468 e. The van der Waals surface area contributed by atoms with Gasteiger partial charge in [0, 0.05) is 13.1 Å². The number of likely N-dealkylation sites (N-methyl/N-ethyl adjacent to an activating group) is 1. The number of carbonyl (C=O) groups excluding carboxylic acids is 1. The normalized spacial score (nSPS) is 13.0. The van der Waals surface area contributed by atoms with Gasteiger partial charge in [0.25, 0.3) is 15.7 Å². The first-order chi connectivity index (χ1) is 9.77. The zero-order valence-electron chi connectivity index (χ0n) is 11.3. The molecule has 0 aliphatic carbocycles. The Balaban J connectivity index is 3.34. The van der Waals surface area contributed by atoms with E-state index < -0.39 is 44.1 Å². The van der Waals surface area contributed by atoms with Gasteiger partial charge >= 0.3 is 5.97 Å². The fraction of sp³-hybridized carbons (Fsp3) is 0.364. The van der Waals surface area contributed by atoms with Crippen LogP contribution in [0.4, 0.5) is 5.69 Å². The predicted octanol–water partition coefficient (Wildman–Crippen LogP) is -0.251. The first-order valence-corrected chi connectivity index (χ1v) is 7.11. The van der Waals surface area contributed by atoms with E-state index in [0.717, 1.165) is 26.3 Å². The molecule has 0 aliphatic rings. The van der Waals surface area contributed by atoms with Crippen molar-refractivity contribution in [3.8, 4) is 0 Å². The highest BCUT2D eigenvalue weighted by Gasteiger charge is 2.36. The molecule has 0 saturated heterocycles. The number of aliphatic hydroxyl groups is 1. The number of rotatable bonds is 6. The van der Waals surface area contributed by atoms with Crippen molar-refractivity contribution in [1.29, 1.82) is 0 Å². The molecule has 0 saturated carbocycles. The second kappa shape index (κ2) is 6.61. The highest BCUT2D eigenvalue weighted by Crippen LogP contribution is 2.26. The van der Waals surface area contributed by atoms with Crippen LogP contribution in [0.3, 0.4) is 0 Å². The fourth-order valence-electron chi connectivity index (χ4n) is 1.62. The molecule has 1 atom stereocenters. The third-order valence-corrected chi connectivity index (χ3v) is 4.72. The van der Waals surface area contributed by atoms with Gasteiger partial charge in [-0.05, 0) is 6.07 Å². The Morgan fingerprint density at radius 1 is 1.48 bits per heavy atom. The zero-order chi connectivity index (χ0) is 16.2. The van der Waals surface area contributed by atoms with Crippen molar-refractivity contribution in [2.75, 3.05) is 20.8 Å². The number of nitrogens with zero attached hydrogens (tertiary/aromatic N) is 2. The van der Waals surface area contributed by atoms with Crippen LogP contribution in [0, 0.1) is 10.1 Å². The van der Waals surface area contributed by atoms with Crippen molar-refractivity contribution >= 4 is 21.7 Å². The molecule has 0 aromatic heterocycles. The van der Waals surface area contributed by atoms with Crippen molar-refractivity contribution < 1.29 is 28.0 Å². The Morgan fingerprint density at radius 2 is 2.05 bits per heavy atom. The number of nitro benzene ring substituents is 1. The monoisotopic (exact) mass is 318 g/mol. The molecule has 10 heteroatoms. The molecule has 1 aromatic carbocycles. The topological polar surface area (TPSA) is 127 Å². The van der Waals surface area contributed by atoms with E-state index in [1.165, 1.54) is 12.1 Å². The molecule has 0 bridgehead atoms. The molecule has 116 valence electrons. The number of aliphatic hydroxyl groups excluding tert-OH is 1. The van der Waals surface area contributed by atoms with Gasteiger partial charge in [-0.3, -0.25) is 14.9 Å². The largest absolute Gasteiger partial charge is 0.468 e. The molecule has 1 N–H and O–H groups in total. The van der Waals surface area contributed by atoms with E-state index in [1.54, 1.807) is 0 Å². The Hall–Kier alpha value is -2.04. The van der Waals surface area contributed by atoms with E-state index in [9.17, 15) is 23.3 Å². The van der Waals surface area contributed by atoms with Gasteiger partial charge in [0.15, 0.2) is 4.90 Å². The maximum absolute atomic E-state index is 12.4. The van der Waals surface area contributed by atoms with Crippen molar-refractivity contribution in [1.82, 2.24) is 4.31 Å². The molecule has 0 spiro atoms. The first kappa shape index (κ1) is 17.0. The van der Waals surface area contributed by atoms with E-state index in [4.69, 9.17) is 5.11 Å². The van der Waals surface area contributed by atoms with Crippen LogP contribution in [0.2, 0.25) is 0 Å². The quantitative estimate of drug-likeness (QED) is 0.435. The molecule has 0 aliphatic heterocycles. The summed E-state index contributed by atoms with van der Waals surface area (Å²) in [4.78, 5) is 21.0. The van der Waals surface area contributed by atoms with Gasteiger partial charge in [-0.15, -0.1) is 0 Å². The van der Waals surface area contributed by atoms with Gasteiger partial charge in [0.2, 0.25) is 0 Å². The van der Waals surface area contributed by atoms with Gasteiger partial charge in [-0.25, -0.2) is 8.42 Å². The molecule has 9 nitrogen and oxygen atoms in total. The number of hydrogen-bond donors (Lipinski definition) is 1. The van der Waals surface area contributed by atoms with Gasteiger partial charge in [0.05, 0.1) is 18.6 Å². The van der Waals surface area contributed by atoms with Crippen LogP contribution >= 0.6 is 0 Å². The van der Waals surface area contributed by atoms with Gasteiger partial charge in [0.1, 0.15) is 6.04 Å². The van der Waals surface area contributed by atoms with Crippen LogP contribution in [-0.2, 0) is 19.6 Å². The average Bonchev–Trinajstić information content (AvgIpc) is 2.47. The van der Waals surface area contributed by atoms with Crippen LogP contribution < -0.4 is 0 Å². The first-order valence-electron chi connectivity index (χ1n) is 5.67. The number of benzene rings is 1. The molecule has 0 heterocycles. The maximum atomic E-state index is 12.4. The minimum atomic E-state index is -4.35. The van der Waals surface area contributed by atoms with E-state index >= 15 is 0 Å². The number of esters is 1. The Morgan fingerprint density at radius 3 is 2.52 bits per heavy atom. The van der Waals surface area contributed by atoms with Gasteiger partial charge in [-0.1, -0.05) is 12.1 Å². The number of sulfonamides is 1. The number of nitro groups is 1. The third kappa shape index (κ3) is 3.35. The Kier molecular flexibility index (Phi) is 5.35. The fourth-order valence-corrected chi connectivity index (χ4v) is 3.08. The highest BCUT2D eigenvalue weighted by molar-refractivity contribution is 7.89. The van der Waals surface area contributed by atoms with Crippen molar-refractivity contribution in [3.05, 3.63) is 34.4 Å². The number of para-hydroxylation sites is 1. The van der Waals surface area contributed by atoms with Crippen LogP contribution in [0.5, 0.6) is 0 Å². The van der Waals surface area contributed by atoms with Crippen LogP contribution in [-0.4, -0.2) is 55.5 Å². The number of ether oxygens (including phenoxy) is 1. The summed E-state index contributed by atoms with van der Waals surface area (Å²) in [7, 11) is -2.28. The van der Waals surface area contributed by atoms with E-state index in [0.29, 0.717) is 4.31 Å². The lowest BCUT2D eigenvalue weighted by Gasteiger charge is -2.23. The lowest BCUT2D eigenvalue weighted by atomic mass is 10.3. The second-order valence-electron chi connectivity index (χ2n) is 3.97. The Bertz CT molecular complexity index is 644. The molecule has 1 rings (SSSR count). The molecule has 0 radical (unpaired) electrons. The maximum Gasteiger partial charge on any atom is 0.326 e. The smallest absolute Gasteiger partial charge is 0.326 e. The number of carbonyl (C=O) groups is 1. The van der Waals surface area contributed by atoms with Crippen molar-refractivity contribution in [2.24, 2.45) is 0 Å². The molecule has 21 heavy (non-hydrogen) atoms. The van der Waals surface area contributed by atoms with Gasteiger partial charge < -0.3 is 9.84 Å². The average molecular weight is 318 g/mol. The zero-order valence-corrected chi connectivity index (χ0v) is 12.1. The van der Waals surface area contributed by atoms with Crippen molar-refractivity contribution in [3.63, 3.8) is 0 Å². The van der Waals surface area contributed by atoms with E-state index in [1.807, 2.05) is 0 Å². The second-order valence-corrected chi connectivity index (χ2v) is 5.93.